The molecule has 0 bridgehead atoms. The Labute approximate surface area is 96.0 Å². The van der Waals surface area contributed by atoms with Crippen LogP contribution in [0.3, 0.4) is 0 Å². The lowest BCUT2D eigenvalue weighted by molar-refractivity contribution is 0.344. The zero-order valence-electron chi connectivity index (χ0n) is 9.86. The Morgan fingerprint density at radius 3 is 2.94 bits per heavy atom. The van der Waals surface area contributed by atoms with E-state index in [2.05, 4.69) is 28.2 Å². The van der Waals surface area contributed by atoms with Crippen LogP contribution in [-0.2, 0) is 6.54 Å². The van der Waals surface area contributed by atoms with E-state index in [1.165, 1.54) is 10.9 Å². The maximum atomic E-state index is 5.61. The Morgan fingerprint density at radius 2 is 2.19 bits per heavy atom. The molecule has 0 atom stereocenters. The van der Waals surface area contributed by atoms with Gasteiger partial charge in [-0.1, -0.05) is 6.07 Å². The van der Waals surface area contributed by atoms with Crippen molar-refractivity contribution in [1.29, 1.82) is 0 Å². The molecular formula is C13H18N2O. The third-order valence-corrected chi connectivity index (χ3v) is 2.68. The van der Waals surface area contributed by atoms with E-state index in [9.17, 15) is 0 Å². The van der Waals surface area contributed by atoms with Crippen molar-refractivity contribution >= 4 is 10.9 Å². The number of nitrogens with one attached hydrogen (secondary N) is 1. The van der Waals surface area contributed by atoms with Crippen LogP contribution in [0.15, 0.2) is 30.5 Å². The Hall–Kier alpha value is -1.48. The van der Waals surface area contributed by atoms with E-state index in [0.717, 1.165) is 18.8 Å². The van der Waals surface area contributed by atoms with Crippen molar-refractivity contribution in [2.75, 3.05) is 20.2 Å². The summed E-state index contributed by atoms with van der Waals surface area (Å²) in [6, 6.07) is 8.32. The summed E-state index contributed by atoms with van der Waals surface area (Å²) in [5.41, 5.74) is 1.24. The maximum absolute atomic E-state index is 5.61. The monoisotopic (exact) mass is 218 g/mol. The zero-order valence-corrected chi connectivity index (χ0v) is 9.86. The summed E-state index contributed by atoms with van der Waals surface area (Å²) in [6.45, 7) is 4.68. The molecular weight excluding hydrogens is 200 g/mol. The van der Waals surface area contributed by atoms with Gasteiger partial charge in [0.05, 0.1) is 12.1 Å². The van der Waals surface area contributed by atoms with Crippen molar-refractivity contribution in [3.8, 4) is 5.75 Å². The highest BCUT2D eigenvalue weighted by molar-refractivity contribution is 5.86. The van der Waals surface area contributed by atoms with Crippen LogP contribution in [0.1, 0.15) is 6.92 Å². The molecule has 0 radical (unpaired) electrons. The smallest absolute Gasteiger partial charge is 0.128 e. The van der Waals surface area contributed by atoms with Gasteiger partial charge in [0.1, 0.15) is 5.75 Å². The standard InChI is InChI=1S/C13H18N2O/c1-3-16-13-6-4-5-12-11(13)7-9-15(12)10-8-14-2/h4-7,9,14H,3,8,10H2,1-2H3. The zero-order chi connectivity index (χ0) is 11.4. The number of fused-ring (bicyclic) bond motifs is 1. The first-order valence-electron chi connectivity index (χ1n) is 5.72. The van der Waals surface area contributed by atoms with Gasteiger partial charge in [-0.05, 0) is 32.2 Å². The second-order valence-electron chi connectivity index (χ2n) is 3.73. The van der Waals surface area contributed by atoms with Crippen molar-refractivity contribution in [2.24, 2.45) is 0 Å². The number of hydrogen-bond donors (Lipinski definition) is 1. The van der Waals surface area contributed by atoms with E-state index in [4.69, 9.17) is 4.74 Å². The van der Waals surface area contributed by atoms with Gasteiger partial charge in [0.25, 0.3) is 0 Å². The number of ether oxygens (including phenoxy) is 1. The number of likely N-dealkylation sites (N-methyl/N-ethyl adjacent to an activating group) is 1. The van der Waals surface area contributed by atoms with E-state index in [-0.39, 0.29) is 0 Å². The fourth-order valence-corrected chi connectivity index (χ4v) is 1.90. The molecule has 16 heavy (non-hydrogen) atoms. The molecule has 0 amide bonds. The highest BCUT2D eigenvalue weighted by Gasteiger charge is 2.05. The predicted molar refractivity (Wildman–Crippen MR) is 67.0 cm³/mol. The lowest BCUT2D eigenvalue weighted by Gasteiger charge is -2.07. The Bertz CT molecular complexity index is 462. The van der Waals surface area contributed by atoms with Crippen molar-refractivity contribution in [3.63, 3.8) is 0 Å². The summed E-state index contributed by atoms with van der Waals surface area (Å²) in [6.07, 6.45) is 2.12. The van der Waals surface area contributed by atoms with E-state index < -0.39 is 0 Å². The molecule has 0 spiro atoms. The van der Waals surface area contributed by atoms with E-state index >= 15 is 0 Å². The molecule has 0 unspecified atom stereocenters. The summed E-state index contributed by atoms with van der Waals surface area (Å²) in [7, 11) is 1.97. The molecule has 0 saturated heterocycles. The molecule has 2 aromatic rings. The number of benzene rings is 1. The van der Waals surface area contributed by atoms with Gasteiger partial charge < -0.3 is 14.6 Å². The van der Waals surface area contributed by atoms with E-state index in [1.807, 2.05) is 26.1 Å². The first kappa shape index (κ1) is 11.0. The van der Waals surface area contributed by atoms with E-state index in [1.54, 1.807) is 0 Å². The number of hydrogen-bond acceptors (Lipinski definition) is 2. The minimum atomic E-state index is 0.709. The second-order valence-corrected chi connectivity index (χ2v) is 3.73. The fourth-order valence-electron chi connectivity index (χ4n) is 1.90. The number of rotatable bonds is 5. The first-order valence-corrected chi connectivity index (χ1v) is 5.72. The Kier molecular flexibility index (Phi) is 3.47. The molecule has 0 aliphatic heterocycles. The Morgan fingerprint density at radius 1 is 1.31 bits per heavy atom. The Balaban J connectivity index is 2.36. The van der Waals surface area contributed by atoms with Crippen LogP contribution in [0.2, 0.25) is 0 Å². The van der Waals surface area contributed by atoms with Gasteiger partial charge in [0, 0.05) is 24.7 Å². The number of aromatic nitrogens is 1. The summed E-state index contributed by atoms with van der Waals surface area (Å²) < 4.78 is 7.85. The van der Waals surface area contributed by atoms with Gasteiger partial charge in [-0.25, -0.2) is 0 Å². The van der Waals surface area contributed by atoms with Crippen molar-refractivity contribution in [3.05, 3.63) is 30.5 Å². The van der Waals surface area contributed by atoms with E-state index in [0.29, 0.717) is 6.61 Å². The summed E-state index contributed by atoms with van der Waals surface area (Å²) in [4.78, 5) is 0. The van der Waals surface area contributed by atoms with Gasteiger partial charge in [-0.3, -0.25) is 0 Å². The third-order valence-electron chi connectivity index (χ3n) is 2.68. The van der Waals surface area contributed by atoms with Crippen molar-refractivity contribution in [2.45, 2.75) is 13.5 Å². The van der Waals surface area contributed by atoms with Crippen LogP contribution in [0.5, 0.6) is 5.75 Å². The van der Waals surface area contributed by atoms with Gasteiger partial charge in [0.15, 0.2) is 0 Å². The summed E-state index contributed by atoms with van der Waals surface area (Å²) >= 11 is 0. The van der Waals surface area contributed by atoms with Gasteiger partial charge >= 0.3 is 0 Å². The molecule has 2 rings (SSSR count). The minimum absolute atomic E-state index is 0.709. The van der Waals surface area contributed by atoms with Crippen molar-refractivity contribution in [1.82, 2.24) is 9.88 Å². The predicted octanol–water partition coefficient (Wildman–Crippen LogP) is 2.26. The van der Waals surface area contributed by atoms with Crippen LogP contribution in [-0.4, -0.2) is 24.8 Å². The molecule has 0 saturated carbocycles. The van der Waals surface area contributed by atoms with Crippen LogP contribution < -0.4 is 10.1 Å². The van der Waals surface area contributed by atoms with Crippen LogP contribution in [0.25, 0.3) is 10.9 Å². The third kappa shape index (κ3) is 2.04. The summed E-state index contributed by atoms with van der Waals surface area (Å²) in [5, 5.41) is 4.35. The molecule has 0 fully saturated rings. The average Bonchev–Trinajstić information content (AvgIpc) is 2.71. The average molecular weight is 218 g/mol. The lowest BCUT2D eigenvalue weighted by atomic mass is 10.2. The SMILES string of the molecule is CCOc1cccc2c1ccn2CCNC. The van der Waals surface area contributed by atoms with Crippen molar-refractivity contribution < 1.29 is 4.74 Å². The van der Waals surface area contributed by atoms with Crippen LogP contribution in [0.4, 0.5) is 0 Å². The molecule has 1 heterocycles. The maximum Gasteiger partial charge on any atom is 0.128 e. The topological polar surface area (TPSA) is 26.2 Å². The highest BCUT2D eigenvalue weighted by Crippen LogP contribution is 2.26. The molecule has 0 aliphatic rings. The molecule has 3 heteroatoms. The molecule has 0 aliphatic carbocycles. The van der Waals surface area contributed by atoms with Crippen LogP contribution in [0, 0.1) is 0 Å². The quantitative estimate of drug-likeness (QED) is 0.833. The molecule has 86 valence electrons. The minimum Gasteiger partial charge on any atom is -0.493 e. The summed E-state index contributed by atoms with van der Waals surface area (Å²) in [5.74, 6) is 0.975. The molecule has 1 aromatic carbocycles. The van der Waals surface area contributed by atoms with Crippen LogP contribution >= 0.6 is 0 Å². The molecule has 3 nitrogen and oxygen atoms in total. The van der Waals surface area contributed by atoms with Gasteiger partial charge in [-0.15, -0.1) is 0 Å². The largest absolute Gasteiger partial charge is 0.493 e. The van der Waals surface area contributed by atoms with Gasteiger partial charge in [-0.2, -0.15) is 0 Å². The second kappa shape index (κ2) is 5.03. The lowest BCUT2D eigenvalue weighted by Crippen LogP contribution is -2.14. The molecule has 1 aromatic heterocycles. The fraction of sp³-hybridized carbons (Fsp3) is 0.385. The highest BCUT2D eigenvalue weighted by atomic mass is 16.5. The normalized spacial score (nSPS) is 10.9. The first-order chi connectivity index (χ1) is 7.86. The number of nitrogens with zero attached hydrogens (tertiary/aromatic N) is 1. The molecule has 1 N–H and O–H groups in total. The van der Waals surface area contributed by atoms with Gasteiger partial charge in [0.2, 0.25) is 0 Å².